The average molecular weight is 382 g/mol. The lowest BCUT2D eigenvalue weighted by molar-refractivity contribution is -0.127. The Bertz CT molecular complexity index is 939. The van der Waals surface area contributed by atoms with Gasteiger partial charge in [-0.25, -0.2) is 8.78 Å². The quantitative estimate of drug-likeness (QED) is 0.799. The molecule has 0 bridgehead atoms. The zero-order valence-corrected chi connectivity index (χ0v) is 14.9. The van der Waals surface area contributed by atoms with Crippen LogP contribution in [-0.2, 0) is 4.79 Å². The number of amides is 2. The summed E-state index contributed by atoms with van der Waals surface area (Å²) in [5.41, 5.74) is 5.32. The number of aromatic amines is 1. The van der Waals surface area contributed by atoms with Gasteiger partial charge < -0.3 is 15.6 Å². The van der Waals surface area contributed by atoms with Crippen LogP contribution in [-0.4, -0.2) is 34.8 Å². The van der Waals surface area contributed by atoms with E-state index < -0.39 is 29.0 Å². The number of hydrogen-bond donors (Lipinski definition) is 2. The number of primary amides is 1. The Morgan fingerprint density at radius 2 is 2.08 bits per heavy atom. The lowest BCUT2D eigenvalue weighted by Gasteiger charge is -2.33. The molecule has 0 radical (unpaired) electrons. The largest absolute Gasteiger partial charge is 0.365 e. The van der Waals surface area contributed by atoms with Gasteiger partial charge in [-0.2, -0.15) is 0 Å². The van der Waals surface area contributed by atoms with Crippen LogP contribution in [0, 0.1) is 18.6 Å². The Morgan fingerprint density at radius 1 is 1.38 bits per heavy atom. The molecule has 138 valence electrons. The molecule has 1 aromatic heterocycles. The molecule has 0 unspecified atom stereocenters. The van der Waals surface area contributed by atoms with Crippen molar-refractivity contribution in [2.45, 2.75) is 25.7 Å². The number of hydrogen-bond acceptors (Lipinski definition) is 2. The second-order valence-electron chi connectivity index (χ2n) is 6.42. The standard InChI is InChI=1S/C18H18ClF2N3O2/c1-3-10(25)24-6-4-5-9(7-24)11-12-14(19)8(2)23-17(12)13(18(22)26)16(21)15(11)20/h3,9,23H,1,4-7H2,2H3,(H2,22,26)/t9-/m0/s1. The Labute approximate surface area is 153 Å². The molecule has 1 aliphatic rings. The van der Waals surface area contributed by atoms with Crippen LogP contribution in [0.4, 0.5) is 8.78 Å². The maximum absolute atomic E-state index is 15.0. The molecule has 2 amide bonds. The fourth-order valence-corrected chi connectivity index (χ4v) is 3.89. The molecule has 5 nitrogen and oxygen atoms in total. The van der Waals surface area contributed by atoms with E-state index in [1.165, 1.54) is 6.08 Å². The number of rotatable bonds is 3. The lowest BCUT2D eigenvalue weighted by atomic mass is 9.86. The predicted octanol–water partition coefficient (Wildman–Crippen LogP) is 3.40. The Morgan fingerprint density at radius 3 is 2.69 bits per heavy atom. The van der Waals surface area contributed by atoms with E-state index in [1.54, 1.807) is 11.8 Å². The number of nitrogens with zero attached hydrogens (tertiary/aromatic N) is 1. The molecule has 2 aromatic rings. The fraction of sp³-hybridized carbons (Fsp3) is 0.333. The monoisotopic (exact) mass is 381 g/mol. The average Bonchev–Trinajstić information content (AvgIpc) is 2.89. The van der Waals surface area contributed by atoms with Gasteiger partial charge >= 0.3 is 0 Å². The summed E-state index contributed by atoms with van der Waals surface area (Å²) in [5, 5.41) is 0.457. The summed E-state index contributed by atoms with van der Waals surface area (Å²) in [5.74, 6) is -4.26. The van der Waals surface area contributed by atoms with E-state index in [4.69, 9.17) is 17.3 Å². The first kappa shape index (κ1) is 18.4. The van der Waals surface area contributed by atoms with Gasteiger partial charge in [-0.1, -0.05) is 18.2 Å². The highest BCUT2D eigenvalue weighted by Gasteiger charge is 2.33. The van der Waals surface area contributed by atoms with Gasteiger partial charge in [0.1, 0.15) is 5.56 Å². The van der Waals surface area contributed by atoms with Gasteiger partial charge in [0, 0.05) is 35.7 Å². The van der Waals surface area contributed by atoms with Crippen LogP contribution in [0.15, 0.2) is 12.7 Å². The summed E-state index contributed by atoms with van der Waals surface area (Å²) in [6.07, 6.45) is 2.38. The van der Waals surface area contributed by atoms with Crippen molar-refractivity contribution in [1.29, 1.82) is 0 Å². The summed E-state index contributed by atoms with van der Waals surface area (Å²) < 4.78 is 29.6. The molecular formula is C18H18ClF2N3O2. The maximum Gasteiger partial charge on any atom is 0.253 e. The smallest absolute Gasteiger partial charge is 0.253 e. The van der Waals surface area contributed by atoms with Crippen LogP contribution >= 0.6 is 11.6 Å². The van der Waals surface area contributed by atoms with E-state index in [1.807, 2.05) is 0 Å². The molecule has 1 atom stereocenters. The van der Waals surface area contributed by atoms with E-state index in [0.29, 0.717) is 25.1 Å². The number of aromatic nitrogens is 1. The number of aryl methyl sites for hydroxylation is 1. The van der Waals surface area contributed by atoms with Crippen molar-refractivity contribution in [3.05, 3.63) is 46.1 Å². The topological polar surface area (TPSA) is 79.2 Å². The normalized spacial score (nSPS) is 17.5. The first-order valence-corrected chi connectivity index (χ1v) is 8.55. The number of carbonyl (C=O) groups is 2. The summed E-state index contributed by atoms with van der Waals surface area (Å²) in [6.45, 7) is 5.84. The second-order valence-corrected chi connectivity index (χ2v) is 6.80. The zero-order valence-electron chi connectivity index (χ0n) is 14.2. The van der Waals surface area contributed by atoms with Gasteiger partial charge in [-0.3, -0.25) is 9.59 Å². The van der Waals surface area contributed by atoms with Crippen molar-refractivity contribution in [1.82, 2.24) is 9.88 Å². The molecular weight excluding hydrogens is 364 g/mol. The van der Waals surface area contributed by atoms with E-state index >= 15 is 0 Å². The molecule has 3 N–H and O–H groups in total. The van der Waals surface area contributed by atoms with Crippen molar-refractivity contribution in [3.8, 4) is 0 Å². The highest BCUT2D eigenvalue weighted by Crippen LogP contribution is 2.41. The summed E-state index contributed by atoms with van der Waals surface area (Å²) in [6, 6.07) is 0. The summed E-state index contributed by atoms with van der Waals surface area (Å²) in [7, 11) is 0. The third-order valence-electron chi connectivity index (χ3n) is 4.84. The predicted molar refractivity (Wildman–Crippen MR) is 95.2 cm³/mol. The molecule has 0 spiro atoms. The van der Waals surface area contributed by atoms with Gasteiger partial charge in [-0.15, -0.1) is 0 Å². The van der Waals surface area contributed by atoms with Crippen molar-refractivity contribution in [2.75, 3.05) is 13.1 Å². The highest BCUT2D eigenvalue weighted by atomic mass is 35.5. The first-order chi connectivity index (χ1) is 12.3. The number of piperidine rings is 1. The van der Waals surface area contributed by atoms with Crippen LogP contribution in [0.1, 0.15) is 40.4 Å². The number of halogens is 3. The lowest BCUT2D eigenvalue weighted by Crippen LogP contribution is -2.38. The maximum atomic E-state index is 15.0. The minimum atomic E-state index is -1.30. The van der Waals surface area contributed by atoms with E-state index in [0.717, 1.165) is 0 Å². The Kier molecular flexibility index (Phi) is 4.75. The van der Waals surface area contributed by atoms with Crippen molar-refractivity contribution >= 4 is 34.3 Å². The number of nitrogens with one attached hydrogen (secondary N) is 1. The molecule has 1 aromatic carbocycles. The molecule has 1 aliphatic heterocycles. The number of carbonyl (C=O) groups excluding carboxylic acids is 2. The van der Waals surface area contributed by atoms with Gasteiger partial charge in [-0.05, 0) is 25.8 Å². The molecule has 0 aliphatic carbocycles. The molecule has 2 heterocycles. The Balaban J connectivity index is 2.25. The molecule has 26 heavy (non-hydrogen) atoms. The summed E-state index contributed by atoms with van der Waals surface area (Å²) in [4.78, 5) is 28.0. The number of likely N-dealkylation sites (tertiary alicyclic amines) is 1. The molecule has 1 saturated heterocycles. The molecule has 0 saturated carbocycles. The van der Waals surface area contributed by atoms with Crippen LogP contribution in [0.3, 0.4) is 0 Å². The van der Waals surface area contributed by atoms with Gasteiger partial charge in [0.25, 0.3) is 5.91 Å². The third-order valence-corrected chi connectivity index (χ3v) is 5.31. The van der Waals surface area contributed by atoms with E-state index in [-0.39, 0.29) is 33.9 Å². The number of fused-ring (bicyclic) bond motifs is 1. The highest BCUT2D eigenvalue weighted by molar-refractivity contribution is 6.37. The van der Waals surface area contributed by atoms with Crippen molar-refractivity contribution in [3.63, 3.8) is 0 Å². The fourth-order valence-electron chi connectivity index (χ4n) is 3.65. The van der Waals surface area contributed by atoms with Gasteiger partial charge in [0.15, 0.2) is 11.6 Å². The minimum Gasteiger partial charge on any atom is -0.365 e. The SMILES string of the molecule is C=CC(=O)N1CCC[C@H](c2c(F)c(F)c(C(N)=O)c3[nH]c(C)c(Cl)c23)C1. The van der Waals surface area contributed by atoms with Crippen LogP contribution < -0.4 is 5.73 Å². The van der Waals surface area contributed by atoms with Crippen LogP contribution in [0.25, 0.3) is 10.9 Å². The molecule has 8 heteroatoms. The van der Waals surface area contributed by atoms with Crippen LogP contribution in [0.5, 0.6) is 0 Å². The van der Waals surface area contributed by atoms with Crippen LogP contribution in [0.2, 0.25) is 5.02 Å². The summed E-state index contributed by atoms with van der Waals surface area (Å²) >= 11 is 6.32. The second kappa shape index (κ2) is 6.72. The van der Waals surface area contributed by atoms with Crippen molar-refractivity contribution in [2.24, 2.45) is 5.73 Å². The number of H-pyrrole nitrogens is 1. The number of nitrogens with two attached hydrogens (primary N) is 1. The number of benzene rings is 1. The third kappa shape index (κ3) is 2.76. The van der Waals surface area contributed by atoms with E-state index in [2.05, 4.69) is 11.6 Å². The van der Waals surface area contributed by atoms with Gasteiger partial charge in [0.05, 0.1) is 10.5 Å². The zero-order chi connectivity index (χ0) is 19.2. The Hall–Kier alpha value is -2.41. The van der Waals surface area contributed by atoms with E-state index in [9.17, 15) is 18.4 Å². The van der Waals surface area contributed by atoms with Crippen molar-refractivity contribution < 1.29 is 18.4 Å². The van der Waals surface area contributed by atoms with Gasteiger partial charge in [0.2, 0.25) is 5.91 Å². The first-order valence-electron chi connectivity index (χ1n) is 8.17. The molecule has 1 fully saturated rings. The minimum absolute atomic E-state index is 0.0680. The molecule has 3 rings (SSSR count).